The molecule has 1 N–H and O–H groups in total. The molecule has 0 saturated heterocycles. The molecule has 0 bridgehead atoms. The first-order valence-corrected chi connectivity index (χ1v) is 7.32. The van der Waals surface area contributed by atoms with Crippen LogP contribution in [0.1, 0.15) is 25.1 Å². The summed E-state index contributed by atoms with van der Waals surface area (Å²) in [7, 11) is 0. The molecule has 0 aliphatic heterocycles. The monoisotopic (exact) mass is 281 g/mol. The van der Waals surface area contributed by atoms with Crippen molar-refractivity contribution >= 4 is 16.8 Å². The first-order valence-electron chi connectivity index (χ1n) is 7.32. The fourth-order valence-corrected chi connectivity index (χ4v) is 2.60. The van der Waals surface area contributed by atoms with Crippen LogP contribution >= 0.6 is 0 Å². The third-order valence-corrected chi connectivity index (χ3v) is 3.63. The van der Waals surface area contributed by atoms with Gasteiger partial charge in [-0.2, -0.15) is 0 Å². The molecule has 4 heteroatoms. The number of hydrogen-bond donors (Lipinski definition) is 1. The summed E-state index contributed by atoms with van der Waals surface area (Å²) in [5.41, 5.74) is 3.99. The molecule has 0 fully saturated rings. The number of hydrogen-bond acceptors (Lipinski definition) is 4. The number of para-hydroxylation sites is 1. The normalized spacial score (nSPS) is 11.0. The van der Waals surface area contributed by atoms with Crippen LogP contribution in [0.4, 0.5) is 5.82 Å². The SMILES string of the molecule is CCNc1nc(-c2coc3ccccc23)nc(C)c1CC. The van der Waals surface area contributed by atoms with Crippen LogP contribution < -0.4 is 5.32 Å². The number of aryl methyl sites for hydroxylation is 1. The van der Waals surface area contributed by atoms with Gasteiger partial charge in [0.25, 0.3) is 0 Å². The van der Waals surface area contributed by atoms with Gasteiger partial charge in [-0.1, -0.05) is 25.1 Å². The minimum absolute atomic E-state index is 0.714. The predicted molar refractivity (Wildman–Crippen MR) is 85.5 cm³/mol. The van der Waals surface area contributed by atoms with Gasteiger partial charge in [0.15, 0.2) is 5.82 Å². The maximum atomic E-state index is 5.60. The van der Waals surface area contributed by atoms with E-state index in [0.29, 0.717) is 5.82 Å². The predicted octanol–water partition coefficient (Wildman–Crippen LogP) is 4.19. The topological polar surface area (TPSA) is 51.0 Å². The second-order valence-corrected chi connectivity index (χ2v) is 4.99. The van der Waals surface area contributed by atoms with Crippen LogP contribution in [0.25, 0.3) is 22.4 Å². The van der Waals surface area contributed by atoms with Crippen LogP contribution in [0.5, 0.6) is 0 Å². The van der Waals surface area contributed by atoms with Crippen LogP contribution in [0.2, 0.25) is 0 Å². The fourth-order valence-electron chi connectivity index (χ4n) is 2.60. The Bertz CT molecular complexity index is 777. The van der Waals surface area contributed by atoms with Crippen molar-refractivity contribution < 1.29 is 4.42 Å². The van der Waals surface area contributed by atoms with E-state index in [1.165, 1.54) is 5.56 Å². The summed E-state index contributed by atoms with van der Waals surface area (Å²) >= 11 is 0. The Morgan fingerprint density at radius 3 is 2.71 bits per heavy atom. The van der Waals surface area contributed by atoms with Crippen molar-refractivity contribution in [2.45, 2.75) is 27.2 Å². The van der Waals surface area contributed by atoms with E-state index in [1.807, 2.05) is 31.2 Å². The Morgan fingerprint density at radius 2 is 1.95 bits per heavy atom. The van der Waals surface area contributed by atoms with Gasteiger partial charge < -0.3 is 9.73 Å². The van der Waals surface area contributed by atoms with Gasteiger partial charge in [-0.05, 0) is 26.3 Å². The average Bonchev–Trinajstić information content (AvgIpc) is 2.91. The zero-order chi connectivity index (χ0) is 14.8. The molecule has 0 atom stereocenters. The van der Waals surface area contributed by atoms with Crippen molar-refractivity contribution in [2.75, 3.05) is 11.9 Å². The van der Waals surface area contributed by atoms with E-state index in [9.17, 15) is 0 Å². The standard InChI is InChI=1S/C17H19N3O/c1-4-12-11(3)19-17(20-16(12)18-5-2)14-10-21-15-9-7-6-8-13(14)15/h6-10H,4-5H2,1-3H3,(H,18,19,20). The van der Waals surface area contributed by atoms with Gasteiger partial charge in [-0.15, -0.1) is 0 Å². The third kappa shape index (κ3) is 2.37. The molecule has 3 rings (SSSR count). The molecule has 108 valence electrons. The third-order valence-electron chi connectivity index (χ3n) is 3.63. The number of aromatic nitrogens is 2. The highest BCUT2D eigenvalue weighted by Crippen LogP contribution is 2.30. The Morgan fingerprint density at radius 1 is 1.14 bits per heavy atom. The van der Waals surface area contributed by atoms with E-state index in [4.69, 9.17) is 9.40 Å². The zero-order valence-electron chi connectivity index (χ0n) is 12.6. The maximum Gasteiger partial charge on any atom is 0.165 e. The molecule has 0 radical (unpaired) electrons. The van der Waals surface area contributed by atoms with E-state index < -0.39 is 0 Å². The van der Waals surface area contributed by atoms with Crippen LogP contribution in [0, 0.1) is 6.92 Å². The van der Waals surface area contributed by atoms with Crippen molar-refractivity contribution in [1.82, 2.24) is 9.97 Å². The van der Waals surface area contributed by atoms with Gasteiger partial charge in [0.1, 0.15) is 17.7 Å². The Hall–Kier alpha value is -2.36. The number of anilines is 1. The Labute approximate surface area is 124 Å². The van der Waals surface area contributed by atoms with E-state index in [-0.39, 0.29) is 0 Å². The van der Waals surface area contributed by atoms with Crippen molar-refractivity contribution in [3.05, 3.63) is 41.8 Å². The quantitative estimate of drug-likeness (QED) is 0.779. The summed E-state index contributed by atoms with van der Waals surface area (Å²) < 4.78 is 5.60. The van der Waals surface area contributed by atoms with Crippen molar-refractivity contribution in [3.63, 3.8) is 0 Å². The number of benzene rings is 1. The lowest BCUT2D eigenvalue weighted by Crippen LogP contribution is -2.07. The molecule has 3 aromatic rings. The van der Waals surface area contributed by atoms with Crippen molar-refractivity contribution in [1.29, 1.82) is 0 Å². The molecule has 2 heterocycles. The molecular formula is C17H19N3O. The summed E-state index contributed by atoms with van der Waals surface area (Å²) in [5, 5.41) is 4.38. The molecule has 0 saturated carbocycles. The molecule has 0 aliphatic rings. The van der Waals surface area contributed by atoms with E-state index in [1.54, 1.807) is 6.26 Å². The minimum atomic E-state index is 0.714. The number of rotatable bonds is 4. The van der Waals surface area contributed by atoms with Crippen LogP contribution in [0.15, 0.2) is 34.9 Å². The van der Waals surface area contributed by atoms with Crippen LogP contribution in [-0.2, 0) is 6.42 Å². The van der Waals surface area contributed by atoms with Crippen LogP contribution in [-0.4, -0.2) is 16.5 Å². The zero-order valence-corrected chi connectivity index (χ0v) is 12.6. The first kappa shape index (κ1) is 13.6. The summed E-state index contributed by atoms with van der Waals surface area (Å²) in [6.45, 7) is 7.07. The second kappa shape index (κ2) is 5.56. The largest absolute Gasteiger partial charge is 0.464 e. The van der Waals surface area contributed by atoms with Crippen molar-refractivity contribution in [3.8, 4) is 11.4 Å². The summed E-state index contributed by atoms with van der Waals surface area (Å²) in [4.78, 5) is 9.37. The van der Waals surface area contributed by atoms with Gasteiger partial charge >= 0.3 is 0 Å². The minimum Gasteiger partial charge on any atom is -0.464 e. The highest BCUT2D eigenvalue weighted by Gasteiger charge is 2.14. The highest BCUT2D eigenvalue weighted by atomic mass is 16.3. The van der Waals surface area contributed by atoms with Crippen molar-refractivity contribution in [2.24, 2.45) is 0 Å². The summed E-state index contributed by atoms with van der Waals surface area (Å²) in [6.07, 6.45) is 2.65. The average molecular weight is 281 g/mol. The van der Waals surface area contributed by atoms with Gasteiger partial charge in [0.2, 0.25) is 0 Å². The molecule has 0 unspecified atom stereocenters. The van der Waals surface area contributed by atoms with E-state index in [0.717, 1.165) is 41.0 Å². The fraction of sp³-hybridized carbons (Fsp3) is 0.294. The molecule has 0 amide bonds. The Kier molecular flexibility index (Phi) is 3.60. The first-order chi connectivity index (χ1) is 10.2. The summed E-state index contributed by atoms with van der Waals surface area (Å²) in [5.74, 6) is 1.64. The molecular weight excluding hydrogens is 262 g/mol. The lowest BCUT2D eigenvalue weighted by Gasteiger charge is -2.12. The van der Waals surface area contributed by atoms with Gasteiger partial charge in [0.05, 0.1) is 5.56 Å². The highest BCUT2D eigenvalue weighted by molar-refractivity contribution is 5.92. The number of furan rings is 1. The lowest BCUT2D eigenvalue weighted by atomic mass is 10.1. The summed E-state index contributed by atoms with van der Waals surface area (Å²) in [6, 6.07) is 7.95. The second-order valence-electron chi connectivity index (χ2n) is 4.99. The van der Waals surface area contributed by atoms with Gasteiger partial charge in [-0.25, -0.2) is 9.97 Å². The smallest absolute Gasteiger partial charge is 0.165 e. The number of nitrogens with one attached hydrogen (secondary N) is 1. The molecule has 4 nitrogen and oxygen atoms in total. The number of fused-ring (bicyclic) bond motifs is 1. The molecule has 2 aromatic heterocycles. The Balaban J connectivity index is 2.18. The number of nitrogens with zero attached hydrogens (tertiary/aromatic N) is 2. The molecule has 21 heavy (non-hydrogen) atoms. The van der Waals surface area contributed by atoms with Gasteiger partial charge in [0, 0.05) is 23.2 Å². The van der Waals surface area contributed by atoms with Gasteiger partial charge in [-0.3, -0.25) is 0 Å². The maximum absolute atomic E-state index is 5.60. The molecule has 0 spiro atoms. The van der Waals surface area contributed by atoms with E-state index in [2.05, 4.69) is 24.1 Å². The van der Waals surface area contributed by atoms with E-state index >= 15 is 0 Å². The van der Waals surface area contributed by atoms with Crippen LogP contribution in [0.3, 0.4) is 0 Å². The lowest BCUT2D eigenvalue weighted by molar-refractivity contribution is 0.616. The molecule has 0 aliphatic carbocycles. The molecule has 1 aromatic carbocycles.